The van der Waals surface area contributed by atoms with Crippen molar-refractivity contribution in [3.05, 3.63) is 34.9 Å². The van der Waals surface area contributed by atoms with Crippen LogP contribution in [0.4, 0.5) is 5.69 Å². The Balaban J connectivity index is 2.62. The Morgan fingerprint density at radius 2 is 2.24 bits per heavy atom. The van der Waals surface area contributed by atoms with Crippen LogP contribution in [0.25, 0.3) is 10.9 Å². The van der Waals surface area contributed by atoms with Gasteiger partial charge in [0.1, 0.15) is 0 Å². The van der Waals surface area contributed by atoms with Crippen LogP contribution in [0.15, 0.2) is 29.3 Å². The zero-order chi connectivity index (χ0) is 12.4. The van der Waals surface area contributed by atoms with Gasteiger partial charge in [-0.25, -0.2) is 4.98 Å². The quantitative estimate of drug-likeness (QED) is 0.849. The van der Waals surface area contributed by atoms with Gasteiger partial charge in [-0.15, -0.1) is 0 Å². The predicted octanol–water partition coefficient (Wildman–Crippen LogP) is 1.37. The minimum Gasteiger partial charge on any atom is -0.326 e. The minimum atomic E-state index is -0.163. The van der Waals surface area contributed by atoms with Crippen LogP contribution >= 0.6 is 0 Å². The Morgan fingerprint density at radius 3 is 2.88 bits per heavy atom. The van der Waals surface area contributed by atoms with Gasteiger partial charge in [0.15, 0.2) is 0 Å². The summed E-state index contributed by atoms with van der Waals surface area (Å²) >= 11 is 0. The maximum atomic E-state index is 12.0. The fourth-order valence-electron chi connectivity index (χ4n) is 1.67. The molecule has 1 amide bonds. The maximum Gasteiger partial charge on any atom is 0.261 e. The zero-order valence-electron chi connectivity index (χ0n) is 9.73. The number of aromatic nitrogens is 2. The van der Waals surface area contributed by atoms with Gasteiger partial charge < -0.3 is 5.32 Å². The second-order valence-corrected chi connectivity index (χ2v) is 3.75. The first kappa shape index (κ1) is 11.3. The molecule has 1 aromatic carbocycles. The van der Waals surface area contributed by atoms with Crippen LogP contribution < -0.4 is 10.9 Å². The molecule has 0 radical (unpaired) electrons. The normalized spacial score (nSPS) is 10.5. The van der Waals surface area contributed by atoms with Gasteiger partial charge in [-0.05, 0) is 25.1 Å². The number of benzene rings is 1. The lowest BCUT2D eigenvalue weighted by Crippen LogP contribution is -2.19. The number of hydrogen-bond acceptors (Lipinski definition) is 3. The first-order valence-corrected chi connectivity index (χ1v) is 5.38. The highest BCUT2D eigenvalue weighted by atomic mass is 16.1. The van der Waals surface area contributed by atoms with Gasteiger partial charge in [-0.1, -0.05) is 0 Å². The fraction of sp³-hybridized carbons (Fsp3) is 0.250. The number of hydrogen-bond donors (Lipinski definition) is 1. The molecule has 0 aliphatic carbocycles. The molecule has 88 valence electrons. The summed E-state index contributed by atoms with van der Waals surface area (Å²) in [7, 11) is 0. The molecule has 0 atom stereocenters. The van der Waals surface area contributed by atoms with Gasteiger partial charge in [0.05, 0.1) is 17.2 Å². The lowest BCUT2D eigenvalue weighted by molar-refractivity contribution is -0.114. The second-order valence-electron chi connectivity index (χ2n) is 3.75. The Morgan fingerprint density at radius 1 is 1.47 bits per heavy atom. The highest BCUT2D eigenvalue weighted by Crippen LogP contribution is 2.14. The Kier molecular flexibility index (Phi) is 2.91. The van der Waals surface area contributed by atoms with E-state index in [1.54, 1.807) is 18.2 Å². The van der Waals surface area contributed by atoms with Crippen molar-refractivity contribution in [3.63, 3.8) is 0 Å². The van der Waals surface area contributed by atoms with Crippen LogP contribution in [-0.2, 0) is 11.3 Å². The number of aryl methyl sites for hydroxylation is 1. The first-order valence-electron chi connectivity index (χ1n) is 5.38. The first-order chi connectivity index (χ1) is 8.11. The molecule has 0 fully saturated rings. The highest BCUT2D eigenvalue weighted by molar-refractivity contribution is 5.91. The van der Waals surface area contributed by atoms with Crippen molar-refractivity contribution in [2.24, 2.45) is 0 Å². The standard InChI is InChI=1S/C12H13N3O2/c1-3-15-7-13-11-5-4-9(14-8(2)16)6-10(11)12(15)17/h4-7H,3H2,1-2H3,(H,14,16). The summed E-state index contributed by atoms with van der Waals surface area (Å²) in [6.45, 7) is 3.89. The van der Waals surface area contributed by atoms with Crippen molar-refractivity contribution in [1.82, 2.24) is 9.55 Å². The smallest absolute Gasteiger partial charge is 0.261 e. The van der Waals surface area contributed by atoms with Crippen LogP contribution in [-0.4, -0.2) is 15.5 Å². The van der Waals surface area contributed by atoms with Crippen LogP contribution in [0.1, 0.15) is 13.8 Å². The Bertz CT molecular complexity index is 631. The predicted molar refractivity (Wildman–Crippen MR) is 66.0 cm³/mol. The van der Waals surface area contributed by atoms with Crippen molar-refractivity contribution in [2.75, 3.05) is 5.32 Å². The Labute approximate surface area is 98.1 Å². The third-order valence-electron chi connectivity index (χ3n) is 2.49. The largest absolute Gasteiger partial charge is 0.326 e. The number of nitrogens with one attached hydrogen (secondary N) is 1. The lowest BCUT2D eigenvalue weighted by Gasteiger charge is -2.05. The summed E-state index contributed by atoms with van der Waals surface area (Å²) in [4.78, 5) is 27.1. The molecule has 0 bridgehead atoms. The second kappa shape index (κ2) is 4.37. The van der Waals surface area contributed by atoms with Gasteiger partial charge >= 0.3 is 0 Å². The van der Waals surface area contributed by atoms with E-state index in [-0.39, 0.29) is 11.5 Å². The molecular formula is C12H13N3O2. The third kappa shape index (κ3) is 2.18. The topological polar surface area (TPSA) is 64.0 Å². The molecule has 0 saturated carbocycles. The van der Waals surface area contributed by atoms with E-state index in [4.69, 9.17) is 0 Å². The summed E-state index contributed by atoms with van der Waals surface area (Å²) in [6, 6.07) is 5.10. The van der Waals surface area contributed by atoms with Gasteiger partial charge in [0, 0.05) is 19.2 Å². The fourth-order valence-corrected chi connectivity index (χ4v) is 1.67. The van der Waals surface area contributed by atoms with E-state index in [1.165, 1.54) is 17.8 Å². The van der Waals surface area contributed by atoms with E-state index in [1.807, 2.05) is 6.92 Å². The van der Waals surface area contributed by atoms with Crippen LogP contribution in [0.3, 0.4) is 0 Å². The number of fused-ring (bicyclic) bond motifs is 1. The van der Waals surface area contributed by atoms with Crippen molar-refractivity contribution < 1.29 is 4.79 Å². The maximum absolute atomic E-state index is 12.0. The number of carbonyl (C=O) groups is 1. The minimum absolute atomic E-state index is 0.0929. The molecule has 5 nitrogen and oxygen atoms in total. The average Bonchev–Trinajstić information content (AvgIpc) is 2.29. The van der Waals surface area contributed by atoms with E-state index in [0.29, 0.717) is 23.1 Å². The van der Waals surface area contributed by atoms with E-state index >= 15 is 0 Å². The molecule has 0 aliphatic rings. The summed E-state index contributed by atoms with van der Waals surface area (Å²) in [5, 5.41) is 3.16. The van der Waals surface area contributed by atoms with Crippen molar-refractivity contribution in [2.45, 2.75) is 20.4 Å². The van der Waals surface area contributed by atoms with Crippen LogP contribution in [0, 0.1) is 0 Å². The monoisotopic (exact) mass is 231 g/mol. The van der Waals surface area contributed by atoms with E-state index < -0.39 is 0 Å². The average molecular weight is 231 g/mol. The molecule has 2 rings (SSSR count). The van der Waals surface area contributed by atoms with E-state index in [9.17, 15) is 9.59 Å². The molecule has 0 unspecified atom stereocenters. The molecule has 5 heteroatoms. The van der Waals surface area contributed by atoms with Gasteiger partial charge in [0.25, 0.3) is 5.56 Å². The molecule has 1 N–H and O–H groups in total. The van der Waals surface area contributed by atoms with Gasteiger partial charge in [0.2, 0.25) is 5.91 Å². The van der Waals surface area contributed by atoms with Crippen molar-refractivity contribution >= 4 is 22.5 Å². The van der Waals surface area contributed by atoms with Crippen molar-refractivity contribution in [1.29, 1.82) is 0 Å². The number of rotatable bonds is 2. The summed E-state index contributed by atoms with van der Waals surface area (Å²) < 4.78 is 1.53. The Hall–Kier alpha value is -2.17. The molecule has 17 heavy (non-hydrogen) atoms. The van der Waals surface area contributed by atoms with Crippen LogP contribution in [0.5, 0.6) is 0 Å². The number of amides is 1. The highest BCUT2D eigenvalue weighted by Gasteiger charge is 2.04. The van der Waals surface area contributed by atoms with Gasteiger partial charge in [-0.3, -0.25) is 14.2 Å². The third-order valence-corrected chi connectivity index (χ3v) is 2.49. The van der Waals surface area contributed by atoms with Crippen LogP contribution in [0.2, 0.25) is 0 Å². The van der Waals surface area contributed by atoms with Gasteiger partial charge in [-0.2, -0.15) is 0 Å². The molecule has 2 aromatic rings. The molecule has 0 aliphatic heterocycles. The lowest BCUT2D eigenvalue weighted by atomic mass is 10.2. The molecule has 0 spiro atoms. The summed E-state index contributed by atoms with van der Waals surface area (Å²) in [5.74, 6) is -0.163. The molecule has 0 saturated heterocycles. The number of nitrogens with zero attached hydrogens (tertiary/aromatic N) is 2. The zero-order valence-corrected chi connectivity index (χ0v) is 9.73. The molecular weight excluding hydrogens is 218 g/mol. The van der Waals surface area contributed by atoms with Crippen molar-refractivity contribution in [3.8, 4) is 0 Å². The summed E-state index contributed by atoms with van der Waals surface area (Å²) in [5.41, 5.74) is 1.15. The SMILES string of the molecule is CCn1cnc2ccc(NC(C)=O)cc2c1=O. The van der Waals surface area contributed by atoms with E-state index in [2.05, 4.69) is 10.3 Å². The summed E-state index contributed by atoms with van der Waals surface area (Å²) in [6.07, 6.45) is 1.53. The molecule has 1 heterocycles. The molecule has 1 aromatic heterocycles. The van der Waals surface area contributed by atoms with E-state index in [0.717, 1.165) is 0 Å². The number of carbonyl (C=O) groups excluding carboxylic acids is 1. The number of anilines is 1.